The minimum atomic E-state index is -1.93. The highest BCUT2D eigenvalue weighted by molar-refractivity contribution is 6.74. The fraction of sp³-hybridized carbons (Fsp3) is 0.870. The van der Waals surface area contributed by atoms with Gasteiger partial charge in [0.15, 0.2) is 8.32 Å². The second-order valence-corrected chi connectivity index (χ2v) is 15.6. The lowest BCUT2D eigenvalue weighted by Gasteiger charge is -2.53. The van der Waals surface area contributed by atoms with Crippen molar-refractivity contribution in [3.05, 3.63) is 12.2 Å². The fourth-order valence-electron chi connectivity index (χ4n) is 5.17. The molecule has 2 aliphatic carbocycles. The Morgan fingerprint density at radius 2 is 1.79 bits per heavy atom. The van der Waals surface area contributed by atoms with Crippen molar-refractivity contribution in [2.45, 2.75) is 97.1 Å². The first-order valence-corrected chi connectivity index (χ1v) is 13.7. The maximum Gasteiger partial charge on any atom is 0.315 e. The number of ether oxygens (including phenoxy) is 2. The summed E-state index contributed by atoms with van der Waals surface area (Å²) in [7, 11) is 1.30. The Morgan fingerprint density at radius 3 is 2.29 bits per heavy atom. The molecule has 162 valence electrons. The largest absolute Gasteiger partial charge is 0.468 e. The van der Waals surface area contributed by atoms with E-state index in [1.165, 1.54) is 7.11 Å². The minimum absolute atomic E-state index is 0.00396. The van der Waals surface area contributed by atoms with E-state index in [2.05, 4.69) is 54.3 Å². The molecule has 0 aromatic rings. The molecule has 5 heteroatoms. The van der Waals surface area contributed by atoms with Gasteiger partial charge in [0.1, 0.15) is 5.41 Å². The van der Waals surface area contributed by atoms with Crippen molar-refractivity contribution in [3.63, 3.8) is 0 Å². The van der Waals surface area contributed by atoms with Crippen LogP contribution in [-0.4, -0.2) is 40.7 Å². The summed E-state index contributed by atoms with van der Waals surface area (Å²) < 4.78 is 18.1. The average Bonchev–Trinajstić information content (AvgIpc) is 2.89. The minimum Gasteiger partial charge on any atom is -0.468 e. The van der Waals surface area contributed by atoms with Crippen molar-refractivity contribution in [3.8, 4) is 0 Å². The molecular formula is C23H42O4Si. The second-order valence-electron chi connectivity index (χ2n) is 10.8. The molecule has 28 heavy (non-hydrogen) atoms. The van der Waals surface area contributed by atoms with Gasteiger partial charge in [-0.25, -0.2) is 0 Å². The summed E-state index contributed by atoms with van der Waals surface area (Å²) in [6.45, 7) is 20.3. The molecule has 4 nitrogen and oxygen atoms in total. The van der Waals surface area contributed by atoms with Gasteiger partial charge in [0.2, 0.25) is 0 Å². The van der Waals surface area contributed by atoms with Gasteiger partial charge < -0.3 is 13.9 Å². The van der Waals surface area contributed by atoms with E-state index in [4.69, 9.17) is 13.9 Å². The smallest absolute Gasteiger partial charge is 0.315 e. The molecule has 0 radical (unpaired) electrons. The van der Waals surface area contributed by atoms with Gasteiger partial charge in [0.05, 0.1) is 19.3 Å². The van der Waals surface area contributed by atoms with Crippen LogP contribution < -0.4 is 0 Å². The van der Waals surface area contributed by atoms with E-state index in [0.29, 0.717) is 5.92 Å². The molecule has 0 N–H and O–H groups in total. The molecule has 2 rings (SSSR count). The summed E-state index contributed by atoms with van der Waals surface area (Å²) in [4.78, 5) is 13.3. The first-order chi connectivity index (χ1) is 12.8. The summed E-state index contributed by atoms with van der Waals surface area (Å²) in [5, 5.41) is 0.141. The molecule has 0 saturated heterocycles. The van der Waals surface area contributed by atoms with Gasteiger partial charge >= 0.3 is 5.97 Å². The predicted octanol–water partition coefficient (Wildman–Crippen LogP) is 5.73. The van der Waals surface area contributed by atoms with Crippen LogP contribution in [0.25, 0.3) is 0 Å². The number of esters is 1. The number of rotatable bonds is 5. The molecule has 0 unspecified atom stereocenters. The van der Waals surface area contributed by atoms with E-state index in [-0.39, 0.29) is 28.6 Å². The monoisotopic (exact) mass is 410 g/mol. The van der Waals surface area contributed by atoms with Gasteiger partial charge in [-0.1, -0.05) is 41.2 Å². The van der Waals surface area contributed by atoms with E-state index in [9.17, 15) is 4.79 Å². The summed E-state index contributed by atoms with van der Waals surface area (Å²) in [6, 6.07) is 0. The van der Waals surface area contributed by atoms with Gasteiger partial charge in [-0.15, -0.1) is 0 Å². The zero-order chi connectivity index (χ0) is 21.5. The van der Waals surface area contributed by atoms with Gasteiger partial charge in [-0.05, 0) is 61.7 Å². The summed E-state index contributed by atoms with van der Waals surface area (Å²) in [5.74, 6) is 0.392. The van der Waals surface area contributed by atoms with Crippen molar-refractivity contribution in [1.29, 1.82) is 0 Å². The van der Waals surface area contributed by atoms with E-state index < -0.39 is 13.7 Å². The summed E-state index contributed by atoms with van der Waals surface area (Å²) in [6.07, 6.45) is 4.30. The highest BCUT2D eigenvalue weighted by Crippen LogP contribution is 2.62. The van der Waals surface area contributed by atoms with Crippen molar-refractivity contribution in [2.24, 2.45) is 16.7 Å². The van der Waals surface area contributed by atoms with Crippen LogP contribution >= 0.6 is 0 Å². The quantitative estimate of drug-likeness (QED) is 0.330. The number of carbonyl (C=O) groups excluding carboxylic acids is 1. The highest BCUT2D eigenvalue weighted by Gasteiger charge is 2.64. The Balaban J connectivity index is 2.42. The van der Waals surface area contributed by atoms with Crippen molar-refractivity contribution in [2.75, 3.05) is 14.2 Å². The van der Waals surface area contributed by atoms with Gasteiger partial charge in [-0.3, -0.25) is 4.79 Å². The normalized spacial score (nSPS) is 37.2. The third kappa shape index (κ3) is 3.63. The number of hydrogen-bond donors (Lipinski definition) is 0. The van der Waals surface area contributed by atoms with Crippen LogP contribution in [0.5, 0.6) is 0 Å². The van der Waals surface area contributed by atoms with E-state index in [1.807, 2.05) is 0 Å². The fourth-order valence-corrected chi connectivity index (χ4v) is 6.50. The van der Waals surface area contributed by atoms with Crippen molar-refractivity contribution in [1.82, 2.24) is 0 Å². The standard InChI is InChI=1S/C23H42O4Si/c1-16-11-14-23(20(24)26-8,19(15-16)25-7)22(6)13-12-18(17(22)2)27-28(9,10)21(3,4)5/h16,18-19H,2,11-15H2,1,3-10H3/t16-,18-,19-,22-,23+/m0/s1. The maximum atomic E-state index is 13.3. The van der Waals surface area contributed by atoms with Crippen LogP contribution in [0, 0.1) is 16.7 Å². The molecule has 0 aromatic carbocycles. The van der Waals surface area contributed by atoms with Crippen LogP contribution in [0.15, 0.2) is 12.2 Å². The van der Waals surface area contributed by atoms with E-state index in [1.54, 1.807) is 7.11 Å². The number of hydrogen-bond acceptors (Lipinski definition) is 4. The second kappa shape index (κ2) is 7.88. The molecule has 0 aromatic heterocycles. The van der Waals surface area contributed by atoms with Crippen LogP contribution in [0.1, 0.15) is 66.7 Å². The molecule has 0 spiro atoms. The number of methoxy groups -OCH3 is 2. The third-order valence-electron chi connectivity index (χ3n) is 8.26. The van der Waals surface area contributed by atoms with Crippen LogP contribution in [0.4, 0.5) is 0 Å². The Hall–Kier alpha value is -0.653. The Kier molecular flexibility index (Phi) is 6.65. The van der Waals surface area contributed by atoms with Gasteiger partial charge in [0, 0.05) is 12.5 Å². The maximum absolute atomic E-state index is 13.3. The molecule has 2 aliphatic rings. The SMILES string of the molecule is C=C1[C@@H](O[Si](C)(C)C(C)(C)C)CC[C@]1(C)[C@]1(C(=O)OC)CC[C@H](C)C[C@@H]1OC. The summed E-state index contributed by atoms with van der Waals surface area (Å²) >= 11 is 0. The zero-order valence-corrected chi connectivity index (χ0v) is 20.6. The molecule has 2 fully saturated rings. The highest BCUT2D eigenvalue weighted by atomic mass is 28.4. The molecule has 0 heterocycles. The lowest BCUT2D eigenvalue weighted by Crippen LogP contribution is -2.57. The summed E-state index contributed by atoms with van der Waals surface area (Å²) in [5.41, 5.74) is -0.0149. The van der Waals surface area contributed by atoms with E-state index in [0.717, 1.165) is 37.7 Å². The zero-order valence-electron chi connectivity index (χ0n) is 19.6. The molecule has 0 amide bonds. The first kappa shape index (κ1) is 23.6. The van der Waals surface area contributed by atoms with Crippen molar-refractivity contribution >= 4 is 14.3 Å². The Morgan fingerprint density at radius 1 is 1.18 bits per heavy atom. The first-order valence-electron chi connectivity index (χ1n) is 10.7. The molecule has 0 bridgehead atoms. The lowest BCUT2D eigenvalue weighted by molar-refractivity contribution is -0.183. The third-order valence-corrected chi connectivity index (χ3v) is 12.7. The van der Waals surface area contributed by atoms with Gasteiger partial charge in [-0.2, -0.15) is 0 Å². The van der Waals surface area contributed by atoms with Crippen LogP contribution in [0.3, 0.4) is 0 Å². The number of carbonyl (C=O) groups is 1. The predicted molar refractivity (Wildman–Crippen MR) is 117 cm³/mol. The molecular weight excluding hydrogens is 368 g/mol. The van der Waals surface area contributed by atoms with Crippen LogP contribution in [0.2, 0.25) is 18.1 Å². The van der Waals surface area contributed by atoms with Gasteiger partial charge in [0.25, 0.3) is 0 Å². The molecule has 5 atom stereocenters. The Labute approximate surface area is 173 Å². The molecule has 2 saturated carbocycles. The van der Waals surface area contributed by atoms with Crippen molar-refractivity contribution < 1.29 is 18.7 Å². The van der Waals surface area contributed by atoms with Crippen LogP contribution in [-0.2, 0) is 18.7 Å². The lowest BCUT2D eigenvalue weighted by atomic mass is 9.53. The average molecular weight is 411 g/mol. The molecule has 0 aliphatic heterocycles. The van der Waals surface area contributed by atoms with E-state index >= 15 is 0 Å². The topological polar surface area (TPSA) is 44.8 Å². The Bertz CT molecular complexity index is 608.